The molecule has 14 heavy (non-hydrogen) atoms. The van der Waals surface area contributed by atoms with Crippen LogP contribution < -0.4 is 0 Å². The predicted octanol–water partition coefficient (Wildman–Crippen LogP) is 0.916. The molecule has 0 unspecified atom stereocenters. The summed E-state index contributed by atoms with van der Waals surface area (Å²) in [5, 5.41) is 9.35. The molecule has 0 rings (SSSR count). The summed E-state index contributed by atoms with van der Waals surface area (Å²) in [6, 6.07) is 0. The first-order chi connectivity index (χ1) is 6.47. The van der Waals surface area contributed by atoms with Crippen LogP contribution >= 0.6 is 0 Å². The smallest absolute Gasteiger partial charge is 0.313 e. The van der Waals surface area contributed by atoms with E-state index in [-0.39, 0.29) is 18.9 Å². The molecule has 0 saturated heterocycles. The van der Waals surface area contributed by atoms with E-state index < -0.39 is 17.9 Å². The van der Waals surface area contributed by atoms with Crippen LogP contribution in [0.1, 0.15) is 33.6 Å². The average Bonchev–Trinajstić information content (AvgIpc) is 2.02. The summed E-state index contributed by atoms with van der Waals surface area (Å²) in [7, 11) is 0. The molecule has 4 heteroatoms. The minimum absolute atomic E-state index is 0.233. The molecule has 0 aromatic heterocycles. The highest BCUT2D eigenvalue weighted by Crippen LogP contribution is 2.07. The Morgan fingerprint density at radius 1 is 1.36 bits per heavy atom. The van der Waals surface area contributed by atoms with E-state index in [9.17, 15) is 14.7 Å². The van der Waals surface area contributed by atoms with E-state index in [0.29, 0.717) is 6.42 Å². The Hall–Kier alpha value is -0.900. The topological polar surface area (TPSA) is 63.6 Å². The van der Waals surface area contributed by atoms with E-state index in [2.05, 4.69) is 4.74 Å². The van der Waals surface area contributed by atoms with Gasteiger partial charge in [-0.25, -0.2) is 0 Å². The highest BCUT2D eigenvalue weighted by Gasteiger charge is 2.19. The molecule has 1 atom stereocenters. The van der Waals surface area contributed by atoms with Crippen LogP contribution in [0.4, 0.5) is 0 Å². The van der Waals surface area contributed by atoms with Crippen molar-refractivity contribution in [3.63, 3.8) is 0 Å². The Bertz CT molecular complexity index is 198. The number of carbonyl (C=O) groups is 2. The highest BCUT2D eigenvalue weighted by molar-refractivity contribution is 5.97. The van der Waals surface area contributed by atoms with Gasteiger partial charge in [0, 0.05) is 0 Å². The minimum Gasteiger partial charge on any atom is -0.466 e. The number of ketones is 1. The van der Waals surface area contributed by atoms with Gasteiger partial charge < -0.3 is 9.84 Å². The molecule has 0 aliphatic heterocycles. The van der Waals surface area contributed by atoms with Crippen LogP contribution in [0.15, 0.2) is 0 Å². The predicted molar refractivity (Wildman–Crippen MR) is 51.7 cm³/mol. The second-order valence-electron chi connectivity index (χ2n) is 3.59. The first-order valence-electron chi connectivity index (χ1n) is 4.83. The molecule has 0 saturated carbocycles. The standard InChI is InChI=1S/C10H18O4/c1-4-14-10(13)6-9(12)8(11)5-7(2)3/h7-8,11H,4-6H2,1-3H3/t8-/m0/s1. The number of aliphatic hydroxyl groups excluding tert-OH is 1. The summed E-state index contributed by atoms with van der Waals surface area (Å²) < 4.78 is 4.60. The van der Waals surface area contributed by atoms with Crippen LogP contribution in [-0.4, -0.2) is 29.6 Å². The summed E-state index contributed by atoms with van der Waals surface area (Å²) in [6.45, 7) is 5.74. The van der Waals surface area contributed by atoms with Gasteiger partial charge in [0.05, 0.1) is 6.61 Å². The number of carbonyl (C=O) groups excluding carboxylic acids is 2. The van der Waals surface area contributed by atoms with Crippen molar-refractivity contribution in [1.29, 1.82) is 0 Å². The molecule has 4 nitrogen and oxygen atoms in total. The summed E-state index contributed by atoms with van der Waals surface area (Å²) in [5.74, 6) is -0.798. The van der Waals surface area contributed by atoms with Crippen molar-refractivity contribution in [3.8, 4) is 0 Å². The molecule has 0 amide bonds. The zero-order valence-electron chi connectivity index (χ0n) is 8.95. The fraction of sp³-hybridized carbons (Fsp3) is 0.800. The fourth-order valence-electron chi connectivity index (χ4n) is 1.05. The third-order valence-electron chi connectivity index (χ3n) is 1.69. The normalized spacial score (nSPS) is 12.6. The lowest BCUT2D eigenvalue weighted by atomic mass is 10.0. The van der Waals surface area contributed by atoms with Crippen molar-refractivity contribution < 1.29 is 19.4 Å². The van der Waals surface area contributed by atoms with Gasteiger partial charge in [0.1, 0.15) is 12.5 Å². The van der Waals surface area contributed by atoms with E-state index in [4.69, 9.17) is 0 Å². The summed E-state index contributed by atoms with van der Waals surface area (Å²) in [6.07, 6.45) is -0.987. The lowest BCUT2D eigenvalue weighted by Gasteiger charge is -2.11. The maximum Gasteiger partial charge on any atom is 0.313 e. The van der Waals surface area contributed by atoms with Gasteiger partial charge in [-0.05, 0) is 19.3 Å². The van der Waals surface area contributed by atoms with Crippen molar-refractivity contribution >= 4 is 11.8 Å². The van der Waals surface area contributed by atoms with Gasteiger partial charge in [-0.2, -0.15) is 0 Å². The van der Waals surface area contributed by atoms with Crippen molar-refractivity contribution in [2.24, 2.45) is 5.92 Å². The molecule has 0 aromatic rings. The SMILES string of the molecule is CCOC(=O)CC(=O)[C@@H](O)CC(C)C. The molecule has 0 heterocycles. The van der Waals surface area contributed by atoms with E-state index in [1.165, 1.54) is 0 Å². The molecular formula is C10H18O4. The van der Waals surface area contributed by atoms with Gasteiger partial charge in [0.2, 0.25) is 0 Å². The van der Waals surface area contributed by atoms with Crippen LogP contribution in [0.2, 0.25) is 0 Å². The Morgan fingerprint density at radius 3 is 2.36 bits per heavy atom. The van der Waals surface area contributed by atoms with Crippen LogP contribution in [-0.2, 0) is 14.3 Å². The maximum atomic E-state index is 11.2. The molecule has 0 aliphatic rings. The number of aliphatic hydroxyl groups is 1. The number of rotatable bonds is 6. The van der Waals surface area contributed by atoms with Crippen LogP contribution in [0.3, 0.4) is 0 Å². The summed E-state index contributed by atoms with van der Waals surface area (Å²) in [5.41, 5.74) is 0. The molecule has 0 bridgehead atoms. The molecule has 0 fully saturated rings. The Balaban J connectivity index is 3.89. The second kappa shape index (κ2) is 6.54. The van der Waals surface area contributed by atoms with Gasteiger partial charge in [-0.15, -0.1) is 0 Å². The quantitative estimate of drug-likeness (QED) is 0.513. The van der Waals surface area contributed by atoms with Gasteiger partial charge in [0.15, 0.2) is 5.78 Å². The van der Waals surface area contributed by atoms with Gasteiger partial charge in [-0.1, -0.05) is 13.8 Å². The molecule has 0 spiro atoms. The average molecular weight is 202 g/mol. The molecule has 0 aromatic carbocycles. The van der Waals surface area contributed by atoms with Gasteiger partial charge in [-0.3, -0.25) is 9.59 Å². The number of hydrogen-bond donors (Lipinski definition) is 1. The Kier molecular flexibility index (Phi) is 6.12. The van der Waals surface area contributed by atoms with E-state index in [1.54, 1.807) is 6.92 Å². The van der Waals surface area contributed by atoms with Crippen LogP contribution in [0, 0.1) is 5.92 Å². The highest BCUT2D eigenvalue weighted by atomic mass is 16.5. The first kappa shape index (κ1) is 13.1. The number of esters is 1. The maximum absolute atomic E-state index is 11.2. The lowest BCUT2D eigenvalue weighted by molar-refractivity contribution is -0.147. The first-order valence-corrected chi connectivity index (χ1v) is 4.83. The zero-order chi connectivity index (χ0) is 11.1. The summed E-state index contributed by atoms with van der Waals surface area (Å²) >= 11 is 0. The fourth-order valence-corrected chi connectivity index (χ4v) is 1.05. The number of Topliss-reactive ketones (excluding diaryl/α,β-unsaturated/α-hetero) is 1. The van der Waals surface area contributed by atoms with Crippen LogP contribution in [0.25, 0.3) is 0 Å². The Labute approximate surface area is 84.3 Å². The van der Waals surface area contributed by atoms with Gasteiger partial charge in [0.25, 0.3) is 0 Å². The van der Waals surface area contributed by atoms with Crippen molar-refractivity contribution in [1.82, 2.24) is 0 Å². The summed E-state index contributed by atoms with van der Waals surface area (Å²) in [4.78, 5) is 22.1. The molecule has 0 radical (unpaired) electrons. The van der Waals surface area contributed by atoms with E-state index in [1.807, 2.05) is 13.8 Å². The van der Waals surface area contributed by atoms with Gasteiger partial charge >= 0.3 is 5.97 Å². The molecule has 0 aliphatic carbocycles. The van der Waals surface area contributed by atoms with E-state index >= 15 is 0 Å². The van der Waals surface area contributed by atoms with Crippen LogP contribution in [0.5, 0.6) is 0 Å². The van der Waals surface area contributed by atoms with E-state index in [0.717, 1.165) is 0 Å². The molecule has 1 N–H and O–H groups in total. The largest absolute Gasteiger partial charge is 0.466 e. The van der Waals surface area contributed by atoms with Crippen molar-refractivity contribution in [2.75, 3.05) is 6.61 Å². The zero-order valence-corrected chi connectivity index (χ0v) is 8.95. The third-order valence-corrected chi connectivity index (χ3v) is 1.69. The number of hydrogen-bond acceptors (Lipinski definition) is 4. The monoisotopic (exact) mass is 202 g/mol. The van der Waals surface area contributed by atoms with Crippen molar-refractivity contribution in [3.05, 3.63) is 0 Å². The Morgan fingerprint density at radius 2 is 1.93 bits per heavy atom. The number of ether oxygens (including phenoxy) is 1. The minimum atomic E-state index is -1.04. The van der Waals surface area contributed by atoms with Crippen molar-refractivity contribution in [2.45, 2.75) is 39.7 Å². The second-order valence-corrected chi connectivity index (χ2v) is 3.59. The third kappa shape index (κ3) is 5.70. The molecular weight excluding hydrogens is 184 g/mol. The lowest BCUT2D eigenvalue weighted by Crippen LogP contribution is -2.25. The molecule has 82 valence electrons.